The average Bonchev–Trinajstić information content (AvgIpc) is 2.67. The molecule has 156 valence electrons. The molecule has 0 spiro atoms. The van der Waals surface area contributed by atoms with Crippen molar-refractivity contribution in [2.45, 2.75) is 45.8 Å². The minimum Gasteiger partial charge on any atom is -0.483 e. The third kappa shape index (κ3) is 7.05. The fraction of sp³-hybridized carbons (Fsp3) is 0.364. The van der Waals surface area contributed by atoms with Gasteiger partial charge in [0.05, 0.1) is 4.47 Å². The van der Waals surface area contributed by atoms with Crippen LogP contribution in [0.15, 0.2) is 53.0 Å². The number of amides is 2. The van der Waals surface area contributed by atoms with Gasteiger partial charge in [-0.3, -0.25) is 9.59 Å². The van der Waals surface area contributed by atoms with E-state index in [2.05, 4.69) is 21.2 Å². The highest BCUT2D eigenvalue weighted by atomic mass is 79.9. The molecule has 0 heterocycles. The van der Waals surface area contributed by atoms with Crippen LogP contribution in [0.2, 0.25) is 5.02 Å². The van der Waals surface area contributed by atoms with Crippen LogP contribution in [0.5, 0.6) is 5.75 Å². The van der Waals surface area contributed by atoms with E-state index in [4.69, 9.17) is 16.3 Å². The molecule has 0 aromatic heterocycles. The number of halogens is 2. The molecule has 0 aliphatic rings. The molecule has 2 aromatic carbocycles. The summed E-state index contributed by atoms with van der Waals surface area (Å²) in [5.74, 6) is 0.0861. The molecule has 1 atom stereocenters. The molecule has 0 fully saturated rings. The third-order valence-electron chi connectivity index (χ3n) is 4.26. The number of hydrogen-bond acceptors (Lipinski definition) is 3. The molecule has 1 unspecified atom stereocenters. The topological polar surface area (TPSA) is 58.6 Å². The molecular formula is C22H26BrClN2O3. The summed E-state index contributed by atoms with van der Waals surface area (Å²) in [6.45, 7) is 5.84. The lowest BCUT2D eigenvalue weighted by molar-refractivity contribution is -0.143. The monoisotopic (exact) mass is 480 g/mol. The summed E-state index contributed by atoms with van der Waals surface area (Å²) in [4.78, 5) is 27.4. The number of ether oxygens (including phenoxy) is 1. The highest BCUT2D eigenvalue weighted by molar-refractivity contribution is 9.10. The largest absolute Gasteiger partial charge is 0.483 e. The summed E-state index contributed by atoms with van der Waals surface area (Å²) in [7, 11) is 0. The molecule has 0 radical (unpaired) electrons. The molecule has 2 rings (SSSR count). The van der Waals surface area contributed by atoms with Gasteiger partial charge in [-0.1, -0.05) is 48.9 Å². The first-order chi connectivity index (χ1) is 13.8. The van der Waals surface area contributed by atoms with Gasteiger partial charge in [0.15, 0.2) is 6.61 Å². The van der Waals surface area contributed by atoms with Gasteiger partial charge >= 0.3 is 0 Å². The Bertz CT molecular complexity index is 830. The lowest BCUT2D eigenvalue weighted by Gasteiger charge is -2.31. The van der Waals surface area contributed by atoms with Gasteiger partial charge in [0.25, 0.3) is 5.91 Å². The van der Waals surface area contributed by atoms with Crippen molar-refractivity contribution in [1.29, 1.82) is 0 Å². The molecule has 7 heteroatoms. The minimum atomic E-state index is -0.581. The van der Waals surface area contributed by atoms with E-state index in [1.54, 1.807) is 23.1 Å². The zero-order chi connectivity index (χ0) is 21.4. The molecule has 0 aliphatic carbocycles. The Kier molecular flexibility index (Phi) is 8.99. The number of nitrogens with zero attached hydrogens (tertiary/aromatic N) is 1. The number of rotatable bonds is 9. The van der Waals surface area contributed by atoms with Crippen LogP contribution < -0.4 is 10.1 Å². The Morgan fingerprint density at radius 2 is 1.86 bits per heavy atom. The number of carbonyl (C=O) groups excluding carboxylic acids is 2. The van der Waals surface area contributed by atoms with Crippen LogP contribution in [0.1, 0.15) is 32.8 Å². The van der Waals surface area contributed by atoms with Crippen LogP contribution in [0.3, 0.4) is 0 Å². The highest BCUT2D eigenvalue weighted by Crippen LogP contribution is 2.28. The second-order valence-electron chi connectivity index (χ2n) is 6.96. The van der Waals surface area contributed by atoms with E-state index in [-0.39, 0.29) is 24.5 Å². The van der Waals surface area contributed by atoms with E-state index in [1.807, 2.05) is 51.1 Å². The Labute approximate surface area is 185 Å². The van der Waals surface area contributed by atoms with Crippen molar-refractivity contribution in [1.82, 2.24) is 10.2 Å². The molecule has 0 aliphatic heterocycles. The molecular weight excluding hydrogens is 456 g/mol. The van der Waals surface area contributed by atoms with Gasteiger partial charge in [-0.25, -0.2) is 0 Å². The Morgan fingerprint density at radius 1 is 1.17 bits per heavy atom. The number of benzene rings is 2. The summed E-state index contributed by atoms with van der Waals surface area (Å²) in [5, 5.41) is 3.48. The molecule has 0 bridgehead atoms. The first-order valence-corrected chi connectivity index (χ1v) is 10.7. The standard InChI is InChI=1S/C22H26BrClN2O3/c1-4-19(22(28)25-15(2)3)26(13-16-8-6-5-7-9-16)21(27)14-29-20-11-10-17(24)12-18(20)23/h5-12,15,19H,4,13-14H2,1-3H3,(H,25,28). The Hall–Kier alpha value is -2.05. The number of carbonyl (C=O) groups is 2. The van der Waals surface area contributed by atoms with Crippen molar-refractivity contribution in [3.05, 3.63) is 63.6 Å². The van der Waals surface area contributed by atoms with Crippen LogP contribution in [0.4, 0.5) is 0 Å². The van der Waals surface area contributed by atoms with Crippen molar-refractivity contribution in [3.63, 3.8) is 0 Å². The molecule has 0 saturated carbocycles. The Morgan fingerprint density at radius 3 is 2.45 bits per heavy atom. The maximum absolute atomic E-state index is 13.1. The van der Waals surface area contributed by atoms with Gasteiger partial charge in [0, 0.05) is 17.6 Å². The zero-order valence-electron chi connectivity index (χ0n) is 16.8. The normalized spacial score (nSPS) is 11.8. The second kappa shape index (κ2) is 11.2. The van der Waals surface area contributed by atoms with Crippen LogP contribution >= 0.6 is 27.5 Å². The predicted octanol–water partition coefficient (Wildman–Crippen LogP) is 4.81. The highest BCUT2D eigenvalue weighted by Gasteiger charge is 2.29. The predicted molar refractivity (Wildman–Crippen MR) is 119 cm³/mol. The average molecular weight is 482 g/mol. The molecule has 1 N–H and O–H groups in total. The van der Waals surface area contributed by atoms with Gasteiger partial charge in [0.2, 0.25) is 5.91 Å². The quantitative estimate of drug-likeness (QED) is 0.559. The van der Waals surface area contributed by atoms with Gasteiger partial charge < -0.3 is 15.0 Å². The van der Waals surface area contributed by atoms with Crippen LogP contribution in [0, 0.1) is 0 Å². The van der Waals surface area contributed by atoms with E-state index in [9.17, 15) is 9.59 Å². The van der Waals surface area contributed by atoms with Crippen LogP contribution in [-0.2, 0) is 16.1 Å². The lowest BCUT2D eigenvalue weighted by atomic mass is 10.1. The van der Waals surface area contributed by atoms with E-state index in [1.165, 1.54) is 0 Å². The third-order valence-corrected chi connectivity index (χ3v) is 5.11. The van der Waals surface area contributed by atoms with Crippen molar-refractivity contribution < 1.29 is 14.3 Å². The van der Waals surface area contributed by atoms with Crippen molar-refractivity contribution in [3.8, 4) is 5.75 Å². The van der Waals surface area contributed by atoms with Gasteiger partial charge in [-0.15, -0.1) is 0 Å². The SMILES string of the molecule is CCC(C(=O)NC(C)C)N(Cc1ccccc1)C(=O)COc1ccc(Cl)cc1Br. The fourth-order valence-electron chi connectivity index (χ4n) is 2.89. The van der Waals surface area contributed by atoms with Crippen LogP contribution in [0.25, 0.3) is 0 Å². The molecule has 0 saturated heterocycles. The fourth-order valence-corrected chi connectivity index (χ4v) is 3.69. The Balaban J connectivity index is 2.20. The van der Waals surface area contributed by atoms with E-state index < -0.39 is 6.04 Å². The maximum atomic E-state index is 13.1. The summed E-state index contributed by atoms with van der Waals surface area (Å²) in [6.07, 6.45) is 0.502. The second-order valence-corrected chi connectivity index (χ2v) is 8.25. The van der Waals surface area contributed by atoms with Crippen molar-refractivity contribution in [2.24, 2.45) is 0 Å². The summed E-state index contributed by atoms with van der Waals surface area (Å²) in [6, 6.07) is 14.1. The molecule has 2 amide bonds. The van der Waals surface area contributed by atoms with Crippen molar-refractivity contribution in [2.75, 3.05) is 6.61 Å². The van der Waals surface area contributed by atoms with E-state index in [0.29, 0.717) is 28.2 Å². The first kappa shape index (κ1) is 23.2. The lowest BCUT2D eigenvalue weighted by Crippen LogP contribution is -2.51. The van der Waals surface area contributed by atoms with E-state index in [0.717, 1.165) is 5.56 Å². The maximum Gasteiger partial charge on any atom is 0.261 e. The van der Waals surface area contributed by atoms with Crippen LogP contribution in [-0.4, -0.2) is 35.4 Å². The van der Waals surface area contributed by atoms with Crippen molar-refractivity contribution >= 4 is 39.3 Å². The minimum absolute atomic E-state index is 0.00787. The van der Waals surface area contributed by atoms with E-state index >= 15 is 0 Å². The summed E-state index contributed by atoms with van der Waals surface area (Å²) >= 11 is 9.33. The first-order valence-electron chi connectivity index (χ1n) is 9.53. The number of nitrogens with one attached hydrogen (secondary N) is 1. The summed E-state index contributed by atoms with van der Waals surface area (Å²) in [5.41, 5.74) is 0.948. The van der Waals surface area contributed by atoms with Gasteiger partial charge in [0.1, 0.15) is 11.8 Å². The molecule has 5 nitrogen and oxygen atoms in total. The van der Waals surface area contributed by atoms with Gasteiger partial charge in [-0.2, -0.15) is 0 Å². The smallest absolute Gasteiger partial charge is 0.261 e. The summed E-state index contributed by atoms with van der Waals surface area (Å²) < 4.78 is 6.36. The molecule has 29 heavy (non-hydrogen) atoms. The number of hydrogen-bond donors (Lipinski definition) is 1. The van der Waals surface area contributed by atoms with Gasteiger partial charge in [-0.05, 0) is 60.0 Å². The zero-order valence-corrected chi connectivity index (χ0v) is 19.2. The molecule has 2 aromatic rings.